The van der Waals surface area contributed by atoms with E-state index < -0.39 is 0 Å². The summed E-state index contributed by atoms with van der Waals surface area (Å²) >= 11 is 0. The van der Waals surface area contributed by atoms with Gasteiger partial charge in [0.15, 0.2) is 0 Å². The molecule has 0 heterocycles. The van der Waals surface area contributed by atoms with E-state index in [1.807, 2.05) is 60.7 Å². The van der Waals surface area contributed by atoms with Crippen LogP contribution in [-0.2, 0) is 12.8 Å². The Morgan fingerprint density at radius 3 is 2.23 bits per heavy atom. The summed E-state index contributed by atoms with van der Waals surface area (Å²) in [7, 11) is 4.27. The van der Waals surface area contributed by atoms with E-state index >= 15 is 0 Å². The SMILES string of the molecule is CN(C)CC1CCc2cc(NC(=O)Nc3ccc(Nc4ccccc4)cc3)ccc2C1. The lowest BCUT2D eigenvalue weighted by molar-refractivity contribution is 0.262. The van der Waals surface area contributed by atoms with Crippen LogP contribution in [0.4, 0.5) is 27.5 Å². The van der Waals surface area contributed by atoms with E-state index in [0.717, 1.165) is 42.1 Å². The molecule has 3 N–H and O–H groups in total. The standard InChI is InChI=1S/C26H30N4O/c1-30(2)18-19-8-9-21-17-25(11-10-20(21)16-19)29-26(31)28-24-14-12-23(13-15-24)27-22-6-4-3-5-7-22/h3-7,10-15,17,19,27H,8-9,16,18H2,1-2H3,(H2,28,29,31). The van der Waals surface area contributed by atoms with Crippen molar-refractivity contribution in [3.63, 3.8) is 0 Å². The number of carbonyl (C=O) groups is 1. The highest BCUT2D eigenvalue weighted by Gasteiger charge is 2.19. The largest absolute Gasteiger partial charge is 0.356 e. The second-order valence-corrected chi connectivity index (χ2v) is 8.50. The lowest BCUT2D eigenvalue weighted by Gasteiger charge is -2.27. The highest BCUT2D eigenvalue weighted by Crippen LogP contribution is 2.28. The first-order valence-corrected chi connectivity index (χ1v) is 10.8. The van der Waals surface area contributed by atoms with Crippen LogP contribution in [0.2, 0.25) is 0 Å². The van der Waals surface area contributed by atoms with E-state index in [9.17, 15) is 4.79 Å². The van der Waals surface area contributed by atoms with E-state index in [0.29, 0.717) is 5.92 Å². The normalized spacial score (nSPS) is 15.3. The van der Waals surface area contributed by atoms with Crippen LogP contribution in [0.3, 0.4) is 0 Å². The number of carbonyl (C=O) groups excluding carboxylic acids is 1. The molecule has 0 spiro atoms. The summed E-state index contributed by atoms with van der Waals surface area (Å²) < 4.78 is 0. The molecule has 1 atom stereocenters. The minimum absolute atomic E-state index is 0.231. The number of anilines is 4. The van der Waals surface area contributed by atoms with Crippen molar-refractivity contribution in [3.8, 4) is 0 Å². The molecule has 3 aromatic carbocycles. The summed E-state index contributed by atoms with van der Waals surface area (Å²) in [6.45, 7) is 1.13. The van der Waals surface area contributed by atoms with Crippen LogP contribution in [0.15, 0.2) is 72.8 Å². The van der Waals surface area contributed by atoms with E-state index in [-0.39, 0.29) is 6.03 Å². The zero-order chi connectivity index (χ0) is 21.6. The van der Waals surface area contributed by atoms with Gasteiger partial charge in [-0.1, -0.05) is 24.3 Å². The minimum atomic E-state index is -0.231. The van der Waals surface area contributed by atoms with Crippen molar-refractivity contribution < 1.29 is 4.79 Å². The Morgan fingerprint density at radius 2 is 1.48 bits per heavy atom. The number of fused-ring (bicyclic) bond motifs is 1. The monoisotopic (exact) mass is 414 g/mol. The van der Waals surface area contributed by atoms with Crippen molar-refractivity contribution in [3.05, 3.63) is 83.9 Å². The van der Waals surface area contributed by atoms with Crippen LogP contribution >= 0.6 is 0 Å². The van der Waals surface area contributed by atoms with E-state index in [4.69, 9.17) is 0 Å². The Balaban J connectivity index is 1.32. The molecular weight excluding hydrogens is 384 g/mol. The maximum Gasteiger partial charge on any atom is 0.323 e. The smallest absolute Gasteiger partial charge is 0.323 e. The van der Waals surface area contributed by atoms with E-state index in [1.54, 1.807) is 0 Å². The average Bonchev–Trinajstić information content (AvgIpc) is 2.75. The number of urea groups is 1. The molecule has 0 aliphatic heterocycles. The average molecular weight is 415 g/mol. The molecule has 31 heavy (non-hydrogen) atoms. The lowest BCUT2D eigenvalue weighted by atomic mass is 9.83. The molecule has 0 saturated carbocycles. The van der Waals surface area contributed by atoms with Gasteiger partial charge in [-0.25, -0.2) is 4.79 Å². The molecule has 5 nitrogen and oxygen atoms in total. The number of amides is 2. The topological polar surface area (TPSA) is 56.4 Å². The molecule has 0 aromatic heterocycles. The maximum absolute atomic E-state index is 12.5. The minimum Gasteiger partial charge on any atom is -0.356 e. The van der Waals surface area contributed by atoms with Crippen molar-refractivity contribution in [2.24, 2.45) is 5.92 Å². The molecular formula is C26H30N4O. The van der Waals surface area contributed by atoms with Gasteiger partial charge < -0.3 is 20.9 Å². The van der Waals surface area contributed by atoms with Crippen LogP contribution in [-0.4, -0.2) is 31.6 Å². The summed E-state index contributed by atoms with van der Waals surface area (Å²) in [6, 6.07) is 23.7. The first-order valence-electron chi connectivity index (χ1n) is 10.8. The quantitative estimate of drug-likeness (QED) is 0.482. The third-order valence-electron chi connectivity index (χ3n) is 5.62. The van der Waals surface area contributed by atoms with Gasteiger partial charge in [0, 0.05) is 29.3 Å². The summed E-state index contributed by atoms with van der Waals surface area (Å²) in [5.74, 6) is 0.712. The number of benzene rings is 3. The number of para-hydroxylation sites is 1. The van der Waals surface area contributed by atoms with Crippen LogP contribution in [0.5, 0.6) is 0 Å². The number of hydrogen-bond donors (Lipinski definition) is 3. The van der Waals surface area contributed by atoms with Crippen LogP contribution in [0.1, 0.15) is 17.5 Å². The summed E-state index contributed by atoms with van der Waals surface area (Å²) in [4.78, 5) is 14.7. The summed E-state index contributed by atoms with van der Waals surface area (Å²) in [5.41, 5.74) is 6.35. The molecule has 0 bridgehead atoms. The molecule has 1 aliphatic rings. The molecule has 160 valence electrons. The van der Waals surface area contributed by atoms with Gasteiger partial charge in [-0.2, -0.15) is 0 Å². The van der Waals surface area contributed by atoms with Gasteiger partial charge in [0.25, 0.3) is 0 Å². The lowest BCUT2D eigenvalue weighted by Crippen LogP contribution is -2.26. The van der Waals surface area contributed by atoms with Gasteiger partial charge in [0.2, 0.25) is 0 Å². The third-order valence-corrected chi connectivity index (χ3v) is 5.62. The molecule has 0 saturated heterocycles. The zero-order valence-corrected chi connectivity index (χ0v) is 18.2. The van der Waals surface area contributed by atoms with Gasteiger partial charge in [0.05, 0.1) is 0 Å². The Kier molecular flexibility index (Phi) is 6.53. The molecule has 3 aromatic rings. The fourth-order valence-corrected chi connectivity index (χ4v) is 4.20. The van der Waals surface area contributed by atoms with Crippen molar-refractivity contribution in [1.29, 1.82) is 0 Å². The molecule has 2 amide bonds. The van der Waals surface area contributed by atoms with Crippen molar-refractivity contribution in [2.45, 2.75) is 19.3 Å². The fourth-order valence-electron chi connectivity index (χ4n) is 4.20. The fraction of sp³-hybridized carbons (Fsp3) is 0.269. The summed E-state index contributed by atoms with van der Waals surface area (Å²) in [5, 5.41) is 9.21. The molecule has 0 radical (unpaired) electrons. The van der Waals surface area contributed by atoms with Gasteiger partial charge >= 0.3 is 6.03 Å². The molecule has 1 aliphatic carbocycles. The molecule has 4 rings (SSSR count). The van der Waals surface area contributed by atoms with Crippen LogP contribution in [0.25, 0.3) is 0 Å². The van der Waals surface area contributed by atoms with E-state index in [1.165, 1.54) is 17.5 Å². The van der Waals surface area contributed by atoms with Crippen molar-refractivity contribution in [1.82, 2.24) is 4.90 Å². The second-order valence-electron chi connectivity index (χ2n) is 8.50. The Hall–Kier alpha value is -3.31. The first-order chi connectivity index (χ1) is 15.0. The number of nitrogens with one attached hydrogen (secondary N) is 3. The Labute approximate surface area is 184 Å². The van der Waals surface area contributed by atoms with Crippen molar-refractivity contribution >= 4 is 28.8 Å². The third kappa shape index (κ3) is 5.86. The second kappa shape index (κ2) is 9.67. The number of aryl methyl sites for hydroxylation is 1. The highest BCUT2D eigenvalue weighted by atomic mass is 16.2. The van der Waals surface area contributed by atoms with Crippen LogP contribution in [0, 0.1) is 5.92 Å². The van der Waals surface area contributed by atoms with Crippen LogP contribution < -0.4 is 16.0 Å². The number of hydrogen-bond acceptors (Lipinski definition) is 3. The van der Waals surface area contributed by atoms with Gasteiger partial charge in [-0.15, -0.1) is 0 Å². The zero-order valence-electron chi connectivity index (χ0n) is 18.2. The van der Waals surface area contributed by atoms with Gasteiger partial charge in [-0.05, 0) is 98.9 Å². The number of rotatable bonds is 6. The molecule has 0 fully saturated rings. The molecule has 5 heteroatoms. The van der Waals surface area contributed by atoms with Gasteiger partial charge in [-0.3, -0.25) is 0 Å². The van der Waals surface area contributed by atoms with Gasteiger partial charge in [0.1, 0.15) is 0 Å². The highest BCUT2D eigenvalue weighted by molar-refractivity contribution is 5.99. The Morgan fingerprint density at radius 1 is 0.839 bits per heavy atom. The molecule has 1 unspecified atom stereocenters. The maximum atomic E-state index is 12.5. The first kappa shape index (κ1) is 20.9. The number of nitrogens with zero attached hydrogens (tertiary/aromatic N) is 1. The Bertz CT molecular complexity index is 1020. The summed E-state index contributed by atoms with van der Waals surface area (Å²) in [6.07, 6.45) is 3.38. The predicted molar refractivity (Wildman–Crippen MR) is 129 cm³/mol. The predicted octanol–water partition coefficient (Wildman–Crippen LogP) is 5.74. The van der Waals surface area contributed by atoms with E-state index in [2.05, 4.69) is 47.1 Å². The van der Waals surface area contributed by atoms with Crippen molar-refractivity contribution in [2.75, 3.05) is 36.6 Å².